The minimum Gasteiger partial charge on any atom is -0.871 e. The topological polar surface area (TPSA) is 81.9 Å². The zero-order valence-electron chi connectivity index (χ0n) is 17.1. The van der Waals surface area contributed by atoms with E-state index in [4.69, 9.17) is 9.47 Å². The Balaban J connectivity index is 1.49. The van der Waals surface area contributed by atoms with Crippen LogP contribution in [0.4, 0.5) is 5.00 Å². The number of Topliss-reactive ketones (excluding diaryl/α,β-unsaturated/α-hetero) is 2. The maximum absolute atomic E-state index is 13.2. The Morgan fingerprint density at radius 2 is 1.68 bits per heavy atom. The third kappa shape index (κ3) is 3.69. The fourth-order valence-electron chi connectivity index (χ4n) is 4.10. The molecule has 2 fully saturated rings. The highest BCUT2D eigenvalue weighted by molar-refractivity contribution is 8.18. The van der Waals surface area contributed by atoms with E-state index in [1.165, 1.54) is 23.1 Å². The molecular formula is C22H22N2O5S2. The van der Waals surface area contributed by atoms with Gasteiger partial charge in [-0.25, -0.2) is 4.58 Å². The van der Waals surface area contributed by atoms with Crippen molar-refractivity contribution in [3.8, 4) is 0 Å². The SMILES string of the molecule is CC1=C/C(=C2/C(=O)C(=O)C(c3ccc(N4CCOCC4)s3)=C2[O-])SC1=[N+]1CCOCC1. The molecule has 0 unspecified atom stereocenters. The molecule has 4 aliphatic rings. The van der Waals surface area contributed by atoms with Crippen LogP contribution in [-0.4, -0.2) is 73.8 Å². The summed E-state index contributed by atoms with van der Waals surface area (Å²) in [7, 11) is 0. The summed E-state index contributed by atoms with van der Waals surface area (Å²) in [6, 6.07) is 3.68. The number of thiophene rings is 1. The fraction of sp³-hybridized carbons (Fsp3) is 0.409. The summed E-state index contributed by atoms with van der Waals surface area (Å²) in [5.74, 6) is -1.86. The van der Waals surface area contributed by atoms with E-state index in [2.05, 4.69) is 9.48 Å². The summed E-state index contributed by atoms with van der Waals surface area (Å²) < 4.78 is 13.0. The molecule has 7 nitrogen and oxygen atoms in total. The Hall–Kier alpha value is -2.20. The van der Waals surface area contributed by atoms with Crippen molar-refractivity contribution >= 4 is 50.3 Å². The van der Waals surface area contributed by atoms with Gasteiger partial charge < -0.3 is 19.5 Å². The number of thioether (sulfide) groups is 1. The minimum atomic E-state index is -0.700. The van der Waals surface area contributed by atoms with Gasteiger partial charge in [0.05, 0.1) is 18.2 Å². The predicted octanol–water partition coefficient (Wildman–Crippen LogP) is 1.20. The van der Waals surface area contributed by atoms with Crippen LogP contribution in [0.15, 0.2) is 40.0 Å². The lowest BCUT2D eigenvalue weighted by molar-refractivity contribution is -0.546. The van der Waals surface area contributed by atoms with Crippen molar-refractivity contribution < 1.29 is 28.7 Å². The summed E-state index contributed by atoms with van der Waals surface area (Å²) in [4.78, 5) is 28.9. The first-order chi connectivity index (χ1) is 15.0. The van der Waals surface area contributed by atoms with E-state index in [1.807, 2.05) is 19.1 Å². The molecule has 1 aliphatic carbocycles. The Morgan fingerprint density at radius 3 is 2.42 bits per heavy atom. The third-order valence-electron chi connectivity index (χ3n) is 5.71. The molecule has 3 aliphatic heterocycles. The molecule has 9 heteroatoms. The van der Waals surface area contributed by atoms with Crippen LogP contribution >= 0.6 is 23.1 Å². The summed E-state index contributed by atoms with van der Waals surface area (Å²) in [5, 5.41) is 15.2. The van der Waals surface area contributed by atoms with Gasteiger partial charge in [0.2, 0.25) is 16.6 Å². The second kappa shape index (κ2) is 8.38. The highest BCUT2D eigenvalue weighted by atomic mass is 32.2. The van der Waals surface area contributed by atoms with Crippen LogP contribution in [0.1, 0.15) is 11.8 Å². The van der Waals surface area contributed by atoms with Crippen molar-refractivity contribution in [2.24, 2.45) is 0 Å². The molecule has 31 heavy (non-hydrogen) atoms. The van der Waals surface area contributed by atoms with Crippen LogP contribution in [-0.2, 0) is 19.1 Å². The van der Waals surface area contributed by atoms with Gasteiger partial charge in [0.25, 0.3) is 0 Å². The van der Waals surface area contributed by atoms with Crippen LogP contribution in [0, 0.1) is 0 Å². The van der Waals surface area contributed by atoms with Gasteiger partial charge >= 0.3 is 0 Å². The Kier molecular flexibility index (Phi) is 5.60. The van der Waals surface area contributed by atoms with E-state index in [1.54, 1.807) is 6.07 Å². The minimum absolute atomic E-state index is 0.00323. The Labute approximate surface area is 188 Å². The van der Waals surface area contributed by atoms with Crippen LogP contribution < -0.4 is 10.0 Å². The number of carbonyl (C=O) groups excluding carboxylic acids is 2. The van der Waals surface area contributed by atoms with Crippen LogP contribution in [0.25, 0.3) is 5.57 Å². The summed E-state index contributed by atoms with van der Waals surface area (Å²) in [6.45, 7) is 7.67. The van der Waals surface area contributed by atoms with E-state index in [9.17, 15) is 14.7 Å². The molecule has 0 bridgehead atoms. The Bertz CT molecular complexity index is 1080. The number of morpholine rings is 2. The molecule has 0 atom stereocenters. The molecule has 5 rings (SSSR count). The van der Waals surface area contributed by atoms with E-state index in [0.717, 1.165) is 41.8 Å². The van der Waals surface area contributed by atoms with Crippen LogP contribution in [0.2, 0.25) is 0 Å². The fourth-order valence-corrected chi connectivity index (χ4v) is 6.46. The van der Waals surface area contributed by atoms with Crippen LogP contribution in [0.5, 0.6) is 0 Å². The second-order valence-electron chi connectivity index (χ2n) is 7.67. The molecule has 4 heterocycles. The smallest absolute Gasteiger partial charge is 0.242 e. The molecule has 0 spiro atoms. The first-order valence-electron chi connectivity index (χ1n) is 10.3. The van der Waals surface area contributed by atoms with Gasteiger partial charge in [-0.15, -0.1) is 11.3 Å². The largest absolute Gasteiger partial charge is 0.871 e. The van der Waals surface area contributed by atoms with Gasteiger partial charge in [0, 0.05) is 39.6 Å². The van der Waals surface area contributed by atoms with E-state index in [0.29, 0.717) is 36.2 Å². The van der Waals surface area contributed by atoms with Gasteiger partial charge in [0.1, 0.15) is 13.2 Å². The highest BCUT2D eigenvalue weighted by Gasteiger charge is 2.38. The number of ether oxygens (including phenoxy) is 2. The number of anilines is 1. The molecular weight excluding hydrogens is 436 g/mol. The van der Waals surface area contributed by atoms with Crippen molar-refractivity contribution in [2.75, 3.05) is 57.5 Å². The number of nitrogens with zero attached hydrogens (tertiary/aromatic N) is 2. The molecule has 1 aromatic heterocycles. The van der Waals surface area contributed by atoms with Gasteiger partial charge in [-0.3, -0.25) is 9.59 Å². The number of rotatable bonds is 2. The molecule has 0 aromatic carbocycles. The second-order valence-corrected chi connectivity index (χ2v) is 9.77. The van der Waals surface area contributed by atoms with Gasteiger partial charge in [0.15, 0.2) is 13.1 Å². The molecule has 0 radical (unpaired) electrons. The average molecular weight is 459 g/mol. The van der Waals surface area contributed by atoms with E-state index >= 15 is 0 Å². The number of carbonyl (C=O) groups is 2. The summed E-state index contributed by atoms with van der Waals surface area (Å²) >= 11 is 2.79. The number of allylic oxidation sites excluding steroid dienone is 3. The molecule has 0 saturated carbocycles. The van der Waals surface area contributed by atoms with Crippen molar-refractivity contribution in [1.29, 1.82) is 0 Å². The normalized spacial score (nSPS) is 25.2. The zero-order valence-corrected chi connectivity index (χ0v) is 18.8. The number of hydrogen-bond donors (Lipinski definition) is 0. The number of ketones is 2. The van der Waals surface area contributed by atoms with Gasteiger partial charge in [-0.05, 0) is 36.9 Å². The Morgan fingerprint density at radius 1 is 1.00 bits per heavy atom. The first kappa shape index (κ1) is 20.7. The third-order valence-corrected chi connectivity index (χ3v) is 8.19. The average Bonchev–Trinajstić information content (AvgIpc) is 3.47. The van der Waals surface area contributed by atoms with Gasteiger partial charge in [-0.2, -0.15) is 0 Å². The zero-order chi connectivity index (χ0) is 21.5. The summed E-state index contributed by atoms with van der Waals surface area (Å²) in [5.41, 5.74) is 1.01. The lowest BCUT2D eigenvalue weighted by Gasteiger charge is -2.27. The lowest BCUT2D eigenvalue weighted by atomic mass is 10.1. The lowest BCUT2D eigenvalue weighted by Crippen LogP contribution is -2.35. The van der Waals surface area contributed by atoms with Gasteiger partial charge in [-0.1, -0.05) is 5.76 Å². The molecule has 0 N–H and O–H groups in total. The summed E-state index contributed by atoms with van der Waals surface area (Å²) in [6.07, 6.45) is 1.85. The quantitative estimate of drug-likeness (QED) is 0.374. The van der Waals surface area contributed by atoms with Crippen LogP contribution in [0.3, 0.4) is 0 Å². The number of hydrogen-bond acceptors (Lipinski definition) is 8. The van der Waals surface area contributed by atoms with E-state index in [-0.39, 0.29) is 11.1 Å². The molecule has 1 aromatic rings. The maximum atomic E-state index is 13.2. The monoisotopic (exact) mass is 458 g/mol. The molecule has 0 amide bonds. The standard InChI is InChI=1S/C22H22N2O5S2/c1-13-12-15(31-22(13)24-6-10-29-11-7-24)18-19(25)17(20(26)21(18)27)14-2-3-16(30-14)23-4-8-28-9-5-23/h2-3,12H,4-11H2,1H3. The van der Waals surface area contributed by atoms with E-state index < -0.39 is 17.3 Å². The van der Waals surface area contributed by atoms with Crippen molar-refractivity contribution in [3.05, 3.63) is 44.9 Å². The van der Waals surface area contributed by atoms with Crippen molar-refractivity contribution in [1.82, 2.24) is 0 Å². The highest BCUT2D eigenvalue weighted by Crippen LogP contribution is 2.42. The first-order valence-corrected chi connectivity index (χ1v) is 11.9. The molecule has 2 saturated heterocycles. The van der Waals surface area contributed by atoms with Crippen molar-refractivity contribution in [3.63, 3.8) is 0 Å². The maximum Gasteiger partial charge on any atom is 0.242 e. The molecule has 162 valence electrons. The van der Waals surface area contributed by atoms with Crippen molar-refractivity contribution in [2.45, 2.75) is 6.92 Å². The predicted molar refractivity (Wildman–Crippen MR) is 118 cm³/mol.